The molecule has 0 radical (unpaired) electrons. The van der Waals surface area contributed by atoms with Crippen LogP contribution in [-0.4, -0.2) is 6.71 Å². The molecule has 0 saturated heterocycles. The van der Waals surface area contributed by atoms with Gasteiger partial charge in [-0.25, -0.2) is 0 Å². The van der Waals surface area contributed by atoms with E-state index in [1.165, 1.54) is 90.9 Å². The number of para-hydroxylation sites is 1. The summed E-state index contributed by atoms with van der Waals surface area (Å²) in [6, 6.07) is 34.8. The third-order valence-corrected chi connectivity index (χ3v) is 15.7. The quantitative estimate of drug-likeness (QED) is 0.162. The molecule has 11 rings (SSSR count). The van der Waals surface area contributed by atoms with Crippen molar-refractivity contribution >= 4 is 90.8 Å². The van der Waals surface area contributed by atoms with Gasteiger partial charge in [0, 0.05) is 44.2 Å². The number of benzene rings is 6. The number of furan rings is 1. The minimum Gasteiger partial charge on any atom is -0.454 e. The van der Waals surface area contributed by atoms with Gasteiger partial charge in [0.05, 0.1) is 5.69 Å². The molecule has 4 aliphatic rings. The standard InChI is InChI=1S/C55H56BClN2O/c1-31-24-46-49-47(25-31)59(44-30-40-38(27-33(44)3)53(6,7)21-23-55(40,10)11)50-42(19-17-36-35-14-12-13-15-48(35)60-51(36)50)56(49)41-18-16-34(57)28-45(41)58(46)43-29-39-37(26-32(43)2)52(4,5)20-22-54(39,8)9/h12-19,24-30H,20-23H2,1-11H3. The van der Waals surface area contributed by atoms with Crippen LogP contribution < -0.4 is 26.2 Å². The van der Waals surface area contributed by atoms with E-state index < -0.39 is 0 Å². The first-order chi connectivity index (χ1) is 28.4. The van der Waals surface area contributed by atoms with Gasteiger partial charge in [0.15, 0.2) is 5.58 Å². The minimum atomic E-state index is -0.0374. The molecule has 302 valence electrons. The number of rotatable bonds is 2. The molecular weight excluding hydrogens is 751 g/mol. The van der Waals surface area contributed by atoms with E-state index in [1.54, 1.807) is 0 Å². The van der Waals surface area contributed by atoms with Crippen molar-refractivity contribution in [3.05, 3.63) is 135 Å². The Hall–Kier alpha value is -4.93. The number of nitrogens with zero attached hydrogens (tertiary/aromatic N) is 2. The second-order valence-electron chi connectivity index (χ2n) is 21.4. The highest BCUT2D eigenvalue weighted by molar-refractivity contribution is 7.00. The van der Waals surface area contributed by atoms with Crippen molar-refractivity contribution in [1.29, 1.82) is 0 Å². The molecule has 0 amide bonds. The van der Waals surface area contributed by atoms with Crippen LogP contribution in [0.25, 0.3) is 21.9 Å². The topological polar surface area (TPSA) is 19.6 Å². The van der Waals surface area contributed by atoms with Crippen LogP contribution >= 0.6 is 11.6 Å². The van der Waals surface area contributed by atoms with Gasteiger partial charge in [-0.05, 0) is 166 Å². The first-order valence-electron chi connectivity index (χ1n) is 22.2. The number of fused-ring (bicyclic) bond motifs is 10. The number of halogens is 1. The average Bonchev–Trinajstić information content (AvgIpc) is 3.57. The van der Waals surface area contributed by atoms with Gasteiger partial charge in [0.1, 0.15) is 5.58 Å². The molecule has 0 saturated carbocycles. The molecule has 0 atom stereocenters. The maximum atomic E-state index is 7.06. The highest BCUT2D eigenvalue weighted by Gasteiger charge is 2.47. The SMILES string of the molecule is Cc1cc2c3c(c1)N(c1cc4c(cc1C)C(C)(C)CCC4(C)C)c1c(ccc4c1oc1ccccc14)B3c1ccc(Cl)cc1N2c1cc2c(cc1C)C(C)(C)CCC2(C)C. The summed E-state index contributed by atoms with van der Waals surface area (Å²) in [6.45, 7) is 26.3. The van der Waals surface area contributed by atoms with Crippen LogP contribution in [0.5, 0.6) is 0 Å². The van der Waals surface area contributed by atoms with Crippen molar-refractivity contribution < 1.29 is 4.42 Å². The third kappa shape index (κ3) is 5.22. The zero-order valence-electron chi connectivity index (χ0n) is 37.2. The van der Waals surface area contributed by atoms with E-state index in [-0.39, 0.29) is 28.4 Å². The van der Waals surface area contributed by atoms with Gasteiger partial charge in [0.2, 0.25) is 0 Å². The Labute approximate surface area is 361 Å². The van der Waals surface area contributed by atoms with Crippen LogP contribution in [-0.2, 0) is 21.7 Å². The lowest BCUT2D eigenvalue weighted by molar-refractivity contribution is 0.332. The van der Waals surface area contributed by atoms with Gasteiger partial charge < -0.3 is 14.2 Å². The first-order valence-corrected chi connectivity index (χ1v) is 22.5. The highest BCUT2D eigenvalue weighted by Crippen LogP contribution is 2.54. The second-order valence-corrected chi connectivity index (χ2v) is 21.8. The summed E-state index contributed by atoms with van der Waals surface area (Å²) in [4.78, 5) is 5.16. The zero-order valence-corrected chi connectivity index (χ0v) is 38.0. The Morgan fingerprint density at radius 1 is 0.517 bits per heavy atom. The maximum absolute atomic E-state index is 7.06. The van der Waals surface area contributed by atoms with Gasteiger partial charge in [0.25, 0.3) is 6.71 Å². The average molecular weight is 807 g/mol. The molecule has 0 unspecified atom stereocenters. The Balaban J connectivity index is 1.26. The molecule has 0 spiro atoms. The highest BCUT2D eigenvalue weighted by atomic mass is 35.5. The third-order valence-electron chi connectivity index (χ3n) is 15.5. The molecule has 5 heteroatoms. The van der Waals surface area contributed by atoms with Crippen molar-refractivity contribution in [1.82, 2.24) is 0 Å². The number of hydrogen-bond donors (Lipinski definition) is 0. The van der Waals surface area contributed by atoms with E-state index in [9.17, 15) is 0 Å². The summed E-state index contributed by atoms with van der Waals surface area (Å²) in [7, 11) is 0. The minimum absolute atomic E-state index is 0.0374. The van der Waals surface area contributed by atoms with E-state index in [2.05, 4.69) is 177 Å². The summed E-state index contributed by atoms with van der Waals surface area (Å²) in [5.74, 6) is 0. The van der Waals surface area contributed by atoms with Gasteiger partial charge in [-0.2, -0.15) is 0 Å². The predicted molar refractivity (Wildman–Crippen MR) is 258 cm³/mol. The fourth-order valence-corrected chi connectivity index (χ4v) is 11.9. The van der Waals surface area contributed by atoms with E-state index in [4.69, 9.17) is 16.0 Å². The Kier molecular flexibility index (Phi) is 7.83. The Morgan fingerprint density at radius 3 is 1.63 bits per heavy atom. The molecule has 0 N–H and O–H groups in total. The normalized spacial score (nSPS) is 18.8. The molecule has 3 heterocycles. The molecule has 0 bridgehead atoms. The lowest BCUT2D eigenvalue weighted by Gasteiger charge is -2.47. The summed E-state index contributed by atoms with van der Waals surface area (Å²) in [5.41, 5.74) is 22.9. The number of anilines is 6. The second kappa shape index (κ2) is 12.3. The Bertz CT molecular complexity index is 3020. The smallest absolute Gasteiger partial charge is 0.252 e. The van der Waals surface area contributed by atoms with E-state index in [1.807, 2.05) is 0 Å². The Morgan fingerprint density at radius 2 is 1.03 bits per heavy atom. The number of aryl methyl sites for hydroxylation is 3. The van der Waals surface area contributed by atoms with Crippen molar-refractivity contribution in [2.75, 3.05) is 9.80 Å². The van der Waals surface area contributed by atoms with Crippen LogP contribution in [0.4, 0.5) is 34.1 Å². The fraction of sp³-hybridized carbons (Fsp3) is 0.345. The van der Waals surface area contributed by atoms with Gasteiger partial charge >= 0.3 is 0 Å². The van der Waals surface area contributed by atoms with Crippen molar-refractivity contribution in [3.63, 3.8) is 0 Å². The molecule has 6 aromatic carbocycles. The largest absolute Gasteiger partial charge is 0.454 e. The molecule has 7 aromatic rings. The van der Waals surface area contributed by atoms with Crippen LogP contribution in [0.3, 0.4) is 0 Å². The maximum Gasteiger partial charge on any atom is 0.252 e. The summed E-state index contributed by atoms with van der Waals surface area (Å²) in [5, 5.41) is 3.03. The van der Waals surface area contributed by atoms with Crippen molar-refractivity contribution in [2.45, 2.75) is 124 Å². The molecular formula is C55H56BClN2O. The van der Waals surface area contributed by atoms with Gasteiger partial charge in [-0.3, -0.25) is 0 Å². The van der Waals surface area contributed by atoms with E-state index in [0.717, 1.165) is 51.2 Å². The molecule has 60 heavy (non-hydrogen) atoms. The molecule has 2 aliphatic heterocycles. The molecule has 1 aromatic heterocycles. The van der Waals surface area contributed by atoms with Crippen molar-refractivity contribution in [3.8, 4) is 0 Å². The zero-order chi connectivity index (χ0) is 42.0. The van der Waals surface area contributed by atoms with Gasteiger partial charge in [-0.1, -0.05) is 116 Å². The van der Waals surface area contributed by atoms with Crippen LogP contribution in [0, 0.1) is 20.8 Å². The van der Waals surface area contributed by atoms with Crippen molar-refractivity contribution in [2.24, 2.45) is 0 Å². The summed E-state index contributed by atoms with van der Waals surface area (Å²) in [6.07, 6.45) is 4.69. The number of hydrogen-bond acceptors (Lipinski definition) is 3. The molecule has 2 aliphatic carbocycles. The lowest BCUT2D eigenvalue weighted by Crippen LogP contribution is -2.61. The van der Waals surface area contributed by atoms with Crippen LogP contribution in [0.2, 0.25) is 5.02 Å². The van der Waals surface area contributed by atoms with E-state index in [0.29, 0.717) is 0 Å². The monoisotopic (exact) mass is 806 g/mol. The fourth-order valence-electron chi connectivity index (χ4n) is 11.8. The van der Waals surface area contributed by atoms with Crippen LogP contribution in [0.15, 0.2) is 95.4 Å². The first kappa shape index (κ1) is 38.0. The summed E-state index contributed by atoms with van der Waals surface area (Å²) < 4.78 is 7.04. The predicted octanol–water partition coefficient (Wildman–Crippen LogP) is 13.9. The van der Waals surface area contributed by atoms with E-state index >= 15 is 0 Å². The summed E-state index contributed by atoms with van der Waals surface area (Å²) >= 11 is 7.06. The lowest BCUT2D eigenvalue weighted by atomic mass is 9.33. The molecule has 3 nitrogen and oxygen atoms in total. The van der Waals surface area contributed by atoms with Crippen LogP contribution in [0.1, 0.15) is 120 Å². The van der Waals surface area contributed by atoms with Gasteiger partial charge in [-0.15, -0.1) is 0 Å². The molecule has 0 fully saturated rings.